The summed E-state index contributed by atoms with van der Waals surface area (Å²) in [5.41, 5.74) is 3.44. The lowest BCUT2D eigenvalue weighted by Gasteiger charge is -2.17. The van der Waals surface area contributed by atoms with Crippen molar-refractivity contribution in [2.75, 3.05) is 19.7 Å². The lowest BCUT2D eigenvalue weighted by atomic mass is 10.1. The number of likely N-dealkylation sites (tertiary alicyclic amines) is 1. The molecule has 1 saturated heterocycles. The molecule has 0 saturated carbocycles. The number of nitrogens with zero attached hydrogens (tertiary/aromatic N) is 2. The molecular formula is C22H25N3O2S. The zero-order chi connectivity index (χ0) is 19.2. The van der Waals surface area contributed by atoms with E-state index in [-0.39, 0.29) is 12.5 Å². The third-order valence-electron chi connectivity index (χ3n) is 4.98. The molecule has 0 spiro atoms. The molecule has 0 atom stereocenters. The molecule has 5 nitrogen and oxygen atoms in total. The first-order valence-corrected chi connectivity index (χ1v) is 10.6. The van der Waals surface area contributed by atoms with Crippen molar-refractivity contribution in [1.29, 1.82) is 0 Å². The molecule has 1 amide bonds. The van der Waals surface area contributed by atoms with Gasteiger partial charge < -0.3 is 10.1 Å². The summed E-state index contributed by atoms with van der Waals surface area (Å²) in [4.78, 5) is 19.2. The number of rotatable bonds is 8. The maximum Gasteiger partial charge on any atom is 0.246 e. The van der Waals surface area contributed by atoms with E-state index in [1.54, 1.807) is 11.3 Å². The molecule has 28 heavy (non-hydrogen) atoms. The van der Waals surface area contributed by atoms with E-state index in [2.05, 4.69) is 33.4 Å². The van der Waals surface area contributed by atoms with Crippen LogP contribution >= 0.6 is 11.3 Å². The van der Waals surface area contributed by atoms with E-state index in [1.807, 2.05) is 30.3 Å². The summed E-state index contributed by atoms with van der Waals surface area (Å²) in [5, 5.41) is 3.87. The van der Waals surface area contributed by atoms with Gasteiger partial charge in [-0.15, -0.1) is 11.3 Å². The van der Waals surface area contributed by atoms with Crippen LogP contribution in [0.15, 0.2) is 48.5 Å². The van der Waals surface area contributed by atoms with Crippen LogP contribution < -0.4 is 5.32 Å². The highest BCUT2D eigenvalue weighted by Crippen LogP contribution is 2.22. The van der Waals surface area contributed by atoms with Gasteiger partial charge in [0.1, 0.15) is 11.6 Å². The summed E-state index contributed by atoms with van der Waals surface area (Å²) in [5.74, 6) is -0.0999. The SMILES string of the molecule is O=C(COCc1nc2ccccc2s1)NCc1ccccc1CN1CCCC1. The molecule has 1 aliphatic rings. The monoisotopic (exact) mass is 395 g/mol. The van der Waals surface area contributed by atoms with E-state index in [0.29, 0.717) is 13.2 Å². The van der Waals surface area contributed by atoms with Crippen molar-refractivity contribution in [2.24, 2.45) is 0 Å². The van der Waals surface area contributed by atoms with Crippen LogP contribution in [0.4, 0.5) is 0 Å². The van der Waals surface area contributed by atoms with Crippen molar-refractivity contribution in [1.82, 2.24) is 15.2 Å². The number of nitrogens with one attached hydrogen (secondary N) is 1. The van der Waals surface area contributed by atoms with Crippen LogP contribution in [0, 0.1) is 0 Å². The average Bonchev–Trinajstić information content (AvgIpc) is 3.36. The van der Waals surface area contributed by atoms with Crippen LogP contribution in [-0.2, 0) is 29.2 Å². The van der Waals surface area contributed by atoms with Gasteiger partial charge in [-0.1, -0.05) is 36.4 Å². The highest BCUT2D eigenvalue weighted by molar-refractivity contribution is 7.18. The van der Waals surface area contributed by atoms with Crippen LogP contribution in [0.3, 0.4) is 0 Å². The number of thiazole rings is 1. The molecule has 0 radical (unpaired) electrons. The van der Waals surface area contributed by atoms with Gasteiger partial charge in [0.2, 0.25) is 5.91 Å². The Morgan fingerprint density at radius 3 is 2.64 bits per heavy atom. The van der Waals surface area contributed by atoms with Crippen molar-refractivity contribution in [3.05, 3.63) is 64.7 Å². The fraction of sp³-hybridized carbons (Fsp3) is 0.364. The minimum absolute atomic E-state index is 0.0459. The van der Waals surface area contributed by atoms with Crippen LogP contribution in [0.25, 0.3) is 10.2 Å². The Bertz CT molecular complexity index is 901. The third kappa shape index (κ3) is 4.95. The average molecular weight is 396 g/mol. The number of fused-ring (bicyclic) bond motifs is 1. The van der Waals surface area contributed by atoms with Crippen LogP contribution in [0.5, 0.6) is 0 Å². The van der Waals surface area contributed by atoms with E-state index >= 15 is 0 Å². The van der Waals surface area contributed by atoms with Crippen molar-refractivity contribution in [3.63, 3.8) is 0 Å². The van der Waals surface area contributed by atoms with E-state index in [4.69, 9.17) is 4.74 Å². The predicted molar refractivity (Wildman–Crippen MR) is 112 cm³/mol. The molecule has 0 unspecified atom stereocenters. The summed E-state index contributed by atoms with van der Waals surface area (Å²) in [7, 11) is 0. The van der Waals surface area contributed by atoms with Crippen molar-refractivity contribution >= 4 is 27.5 Å². The van der Waals surface area contributed by atoms with E-state index in [1.165, 1.54) is 37.1 Å². The summed E-state index contributed by atoms with van der Waals surface area (Å²) < 4.78 is 6.70. The summed E-state index contributed by atoms with van der Waals surface area (Å²) >= 11 is 1.60. The van der Waals surface area contributed by atoms with Gasteiger partial charge in [-0.05, 0) is 49.2 Å². The fourth-order valence-electron chi connectivity index (χ4n) is 3.52. The molecule has 4 rings (SSSR count). The minimum Gasteiger partial charge on any atom is -0.364 e. The smallest absolute Gasteiger partial charge is 0.246 e. The number of para-hydroxylation sites is 1. The molecule has 2 heterocycles. The third-order valence-corrected chi connectivity index (χ3v) is 5.99. The zero-order valence-electron chi connectivity index (χ0n) is 15.9. The van der Waals surface area contributed by atoms with Crippen molar-refractivity contribution in [2.45, 2.75) is 32.5 Å². The van der Waals surface area contributed by atoms with E-state index in [0.717, 1.165) is 21.8 Å². The van der Waals surface area contributed by atoms with Gasteiger partial charge in [-0.2, -0.15) is 0 Å². The molecule has 2 aromatic carbocycles. The number of hydrogen-bond donors (Lipinski definition) is 1. The molecule has 146 valence electrons. The molecule has 6 heteroatoms. The first-order valence-electron chi connectivity index (χ1n) is 9.76. The Kier molecular flexibility index (Phi) is 6.31. The normalized spacial score (nSPS) is 14.6. The standard InChI is InChI=1S/C22H25N3O2S/c26-21(15-27-16-22-24-19-9-3-4-10-20(19)28-22)23-13-17-7-1-2-8-18(17)14-25-11-5-6-12-25/h1-4,7-10H,5-6,11-16H2,(H,23,26). The van der Waals surface area contributed by atoms with Gasteiger partial charge >= 0.3 is 0 Å². The summed E-state index contributed by atoms with van der Waals surface area (Å²) in [6, 6.07) is 16.3. The quantitative estimate of drug-likeness (QED) is 0.632. The molecule has 1 aromatic heterocycles. The number of benzene rings is 2. The largest absolute Gasteiger partial charge is 0.364 e. The van der Waals surface area contributed by atoms with Crippen molar-refractivity contribution < 1.29 is 9.53 Å². The maximum absolute atomic E-state index is 12.2. The van der Waals surface area contributed by atoms with Crippen molar-refractivity contribution in [3.8, 4) is 0 Å². The Hall–Kier alpha value is -2.28. The van der Waals surface area contributed by atoms with Gasteiger partial charge in [-0.25, -0.2) is 4.98 Å². The highest BCUT2D eigenvalue weighted by Gasteiger charge is 2.14. The Balaban J connectivity index is 1.24. The van der Waals surface area contributed by atoms with Crippen LogP contribution in [-0.4, -0.2) is 35.5 Å². The van der Waals surface area contributed by atoms with Gasteiger partial charge in [0.15, 0.2) is 0 Å². The molecule has 1 aliphatic heterocycles. The number of carbonyl (C=O) groups is 1. The van der Waals surface area contributed by atoms with Gasteiger partial charge in [0.05, 0.1) is 16.8 Å². The molecule has 0 aliphatic carbocycles. The Morgan fingerprint density at radius 2 is 1.82 bits per heavy atom. The zero-order valence-corrected chi connectivity index (χ0v) is 16.7. The first kappa shape index (κ1) is 19.1. The topological polar surface area (TPSA) is 54.5 Å². The van der Waals surface area contributed by atoms with Crippen LogP contribution in [0.1, 0.15) is 29.0 Å². The first-order chi connectivity index (χ1) is 13.8. The lowest BCUT2D eigenvalue weighted by Crippen LogP contribution is -2.28. The van der Waals surface area contributed by atoms with E-state index < -0.39 is 0 Å². The number of aromatic nitrogens is 1. The second-order valence-corrected chi connectivity index (χ2v) is 8.21. The lowest BCUT2D eigenvalue weighted by molar-refractivity contribution is -0.126. The Morgan fingerprint density at radius 1 is 1.07 bits per heavy atom. The van der Waals surface area contributed by atoms with Gasteiger partial charge in [0.25, 0.3) is 0 Å². The highest BCUT2D eigenvalue weighted by atomic mass is 32.1. The number of hydrogen-bond acceptors (Lipinski definition) is 5. The Labute approximate surface area is 169 Å². The van der Waals surface area contributed by atoms with E-state index in [9.17, 15) is 4.79 Å². The molecule has 1 fully saturated rings. The molecule has 1 N–H and O–H groups in total. The fourth-order valence-corrected chi connectivity index (χ4v) is 4.43. The number of ether oxygens (including phenoxy) is 1. The summed E-state index contributed by atoms with van der Waals surface area (Å²) in [6.45, 7) is 4.23. The summed E-state index contributed by atoms with van der Waals surface area (Å²) in [6.07, 6.45) is 2.57. The molecule has 3 aromatic rings. The molecule has 0 bridgehead atoms. The van der Waals surface area contributed by atoms with Crippen LogP contribution in [0.2, 0.25) is 0 Å². The number of carbonyl (C=O) groups excluding carboxylic acids is 1. The van der Waals surface area contributed by atoms with Gasteiger partial charge in [0, 0.05) is 13.1 Å². The second-order valence-electron chi connectivity index (χ2n) is 7.10. The maximum atomic E-state index is 12.2. The molecular weight excluding hydrogens is 370 g/mol. The minimum atomic E-state index is -0.0999. The second kappa shape index (κ2) is 9.28. The predicted octanol–water partition coefficient (Wildman–Crippen LogP) is 3.73. The van der Waals surface area contributed by atoms with Gasteiger partial charge in [-0.3, -0.25) is 9.69 Å². The number of amides is 1.